The van der Waals surface area contributed by atoms with E-state index >= 15 is 0 Å². The summed E-state index contributed by atoms with van der Waals surface area (Å²) in [6.45, 7) is 3.71. The average molecular weight is 236 g/mol. The lowest BCUT2D eigenvalue weighted by molar-refractivity contribution is -0.137. The summed E-state index contributed by atoms with van der Waals surface area (Å²) in [5.74, 6) is -0.156. The molecular formula is C11H12N2O2S. The van der Waals surface area contributed by atoms with Gasteiger partial charge in [0.2, 0.25) is 0 Å². The van der Waals surface area contributed by atoms with Crippen LogP contribution in [0.25, 0.3) is 0 Å². The van der Waals surface area contributed by atoms with Crippen molar-refractivity contribution in [2.75, 3.05) is 12.9 Å². The summed E-state index contributed by atoms with van der Waals surface area (Å²) in [7, 11) is 1.34. The van der Waals surface area contributed by atoms with E-state index in [0.717, 1.165) is 11.3 Å². The van der Waals surface area contributed by atoms with Crippen LogP contribution in [0.4, 0.5) is 0 Å². The van der Waals surface area contributed by atoms with Crippen LogP contribution in [0.3, 0.4) is 0 Å². The molecule has 0 atom stereocenters. The topological polar surface area (TPSA) is 63.0 Å². The summed E-state index contributed by atoms with van der Waals surface area (Å²) >= 11 is 1.22. The molecule has 0 N–H and O–H groups in total. The molecule has 1 heterocycles. The Kier molecular flexibility index (Phi) is 4.32. The van der Waals surface area contributed by atoms with Gasteiger partial charge in [-0.1, -0.05) is 11.8 Å². The van der Waals surface area contributed by atoms with Crippen molar-refractivity contribution < 1.29 is 9.53 Å². The van der Waals surface area contributed by atoms with Gasteiger partial charge < -0.3 is 4.74 Å². The fourth-order valence-corrected chi connectivity index (χ4v) is 2.16. The monoisotopic (exact) mass is 236 g/mol. The lowest BCUT2D eigenvalue weighted by Gasteiger charge is -2.06. The van der Waals surface area contributed by atoms with Crippen molar-refractivity contribution >= 4 is 17.7 Å². The molecule has 0 amide bonds. The maximum atomic E-state index is 11.0. The Bertz CT molecular complexity index is 452. The van der Waals surface area contributed by atoms with Crippen LogP contribution in [0.1, 0.15) is 16.8 Å². The van der Waals surface area contributed by atoms with Crippen LogP contribution in [-0.4, -0.2) is 23.8 Å². The number of nitrogens with zero attached hydrogens (tertiary/aromatic N) is 2. The van der Waals surface area contributed by atoms with E-state index in [0.29, 0.717) is 10.6 Å². The molecule has 84 valence electrons. The number of aromatic nitrogens is 1. The molecule has 4 nitrogen and oxygen atoms in total. The minimum atomic E-state index is -0.324. The fourth-order valence-electron chi connectivity index (χ4n) is 1.23. The van der Waals surface area contributed by atoms with Gasteiger partial charge in [-0.25, -0.2) is 4.98 Å². The van der Waals surface area contributed by atoms with Crippen LogP contribution in [-0.2, 0) is 9.53 Å². The smallest absolute Gasteiger partial charge is 0.316 e. The predicted molar refractivity (Wildman–Crippen MR) is 61.2 cm³/mol. The Morgan fingerprint density at radius 1 is 1.62 bits per heavy atom. The zero-order chi connectivity index (χ0) is 12.1. The molecule has 0 fully saturated rings. The van der Waals surface area contributed by atoms with E-state index < -0.39 is 0 Å². The van der Waals surface area contributed by atoms with Gasteiger partial charge in [-0.2, -0.15) is 5.26 Å². The maximum absolute atomic E-state index is 11.0. The Morgan fingerprint density at radius 2 is 2.31 bits per heavy atom. The van der Waals surface area contributed by atoms with Crippen molar-refractivity contribution in [3.63, 3.8) is 0 Å². The van der Waals surface area contributed by atoms with Gasteiger partial charge in [0.1, 0.15) is 11.1 Å². The van der Waals surface area contributed by atoms with Gasteiger partial charge in [0.15, 0.2) is 0 Å². The van der Waals surface area contributed by atoms with Gasteiger partial charge in [-0.05, 0) is 25.5 Å². The summed E-state index contributed by atoms with van der Waals surface area (Å²) in [5, 5.41) is 9.58. The maximum Gasteiger partial charge on any atom is 0.316 e. The first-order valence-electron chi connectivity index (χ1n) is 4.66. The third-order valence-corrected chi connectivity index (χ3v) is 2.93. The van der Waals surface area contributed by atoms with Gasteiger partial charge in [0.05, 0.1) is 18.4 Å². The van der Waals surface area contributed by atoms with E-state index in [9.17, 15) is 4.79 Å². The number of nitriles is 1. The molecule has 16 heavy (non-hydrogen) atoms. The second-order valence-corrected chi connectivity index (χ2v) is 4.20. The molecule has 5 heteroatoms. The number of carbonyl (C=O) groups is 1. The Balaban J connectivity index is 2.95. The van der Waals surface area contributed by atoms with E-state index in [2.05, 4.69) is 15.8 Å². The summed E-state index contributed by atoms with van der Waals surface area (Å²) in [4.78, 5) is 15.2. The summed E-state index contributed by atoms with van der Waals surface area (Å²) in [6.07, 6.45) is 0. The van der Waals surface area contributed by atoms with Gasteiger partial charge >= 0.3 is 5.97 Å². The highest BCUT2D eigenvalue weighted by Gasteiger charge is 2.11. The molecule has 0 spiro atoms. The largest absolute Gasteiger partial charge is 0.468 e. The van der Waals surface area contributed by atoms with Crippen molar-refractivity contribution in [3.05, 3.63) is 22.9 Å². The fraction of sp³-hybridized carbons (Fsp3) is 0.364. The highest BCUT2D eigenvalue weighted by Crippen LogP contribution is 2.23. The zero-order valence-corrected chi connectivity index (χ0v) is 10.2. The van der Waals surface area contributed by atoms with E-state index in [4.69, 9.17) is 5.26 Å². The van der Waals surface area contributed by atoms with Crippen molar-refractivity contribution in [2.24, 2.45) is 0 Å². The SMILES string of the molecule is COC(=O)CSc1nc(C)cc(C)c1C#N. The number of pyridine rings is 1. The molecule has 0 saturated heterocycles. The molecule has 0 aliphatic heterocycles. The second kappa shape index (κ2) is 5.52. The van der Waals surface area contributed by atoms with Crippen LogP contribution in [0.5, 0.6) is 0 Å². The molecule has 0 radical (unpaired) electrons. The van der Waals surface area contributed by atoms with Gasteiger partial charge in [-0.15, -0.1) is 0 Å². The molecule has 0 bridgehead atoms. The number of hydrogen-bond donors (Lipinski definition) is 0. The highest BCUT2D eigenvalue weighted by atomic mass is 32.2. The molecular weight excluding hydrogens is 224 g/mol. The van der Waals surface area contributed by atoms with Gasteiger partial charge in [0.25, 0.3) is 0 Å². The standard InChI is InChI=1S/C11H12N2O2S/c1-7-4-8(2)13-11(9(7)5-12)16-6-10(14)15-3/h4H,6H2,1-3H3. The Labute approximate surface area is 98.6 Å². The zero-order valence-electron chi connectivity index (χ0n) is 9.40. The number of aryl methyl sites for hydroxylation is 2. The Hall–Kier alpha value is -1.54. The van der Waals surface area contributed by atoms with Crippen LogP contribution >= 0.6 is 11.8 Å². The first kappa shape index (κ1) is 12.5. The highest BCUT2D eigenvalue weighted by molar-refractivity contribution is 7.99. The molecule has 1 aromatic rings. The van der Waals surface area contributed by atoms with E-state index in [1.165, 1.54) is 18.9 Å². The minimum absolute atomic E-state index is 0.168. The molecule has 0 saturated carbocycles. The predicted octanol–water partition coefficient (Wildman–Crippen LogP) is 1.84. The Morgan fingerprint density at radius 3 is 2.88 bits per heavy atom. The number of methoxy groups -OCH3 is 1. The molecule has 0 unspecified atom stereocenters. The van der Waals surface area contributed by atoms with E-state index in [1.54, 1.807) is 0 Å². The van der Waals surface area contributed by atoms with Crippen LogP contribution in [0, 0.1) is 25.2 Å². The van der Waals surface area contributed by atoms with E-state index in [1.807, 2.05) is 19.9 Å². The molecule has 1 rings (SSSR count). The van der Waals surface area contributed by atoms with Gasteiger partial charge in [-0.3, -0.25) is 4.79 Å². The molecule has 1 aromatic heterocycles. The number of thioether (sulfide) groups is 1. The normalized spacial score (nSPS) is 9.62. The van der Waals surface area contributed by atoms with Crippen LogP contribution in [0.15, 0.2) is 11.1 Å². The van der Waals surface area contributed by atoms with Crippen molar-refractivity contribution in [1.82, 2.24) is 4.98 Å². The van der Waals surface area contributed by atoms with Crippen molar-refractivity contribution in [2.45, 2.75) is 18.9 Å². The first-order chi connectivity index (χ1) is 7.58. The summed E-state index contributed by atoms with van der Waals surface area (Å²) in [6, 6.07) is 3.95. The van der Waals surface area contributed by atoms with Gasteiger partial charge in [0, 0.05) is 5.69 Å². The van der Waals surface area contributed by atoms with Crippen LogP contribution < -0.4 is 0 Å². The lowest BCUT2D eigenvalue weighted by atomic mass is 10.1. The third kappa shape index (κ3) is 2.97. The van der Waals surface area contributed by atoms with E-state index in [-0.39, 0.29) is 11.7 Å². The van der Waals surface area contributed by atoms with Crippen molar-refractivity contribution in [3.8, 4) is 6.07 Å². The number of esters is 1. The number of ether oxygens (including phenoxy) is 1. The number of rotatable bonds is 3. The molecule has 0 aliphatic rings. The van der Waals surface area contributed by atoms with Crippen LogP contribution in [0.2, 0.25) is 0 Å². The average Bonchev–Trinajstić information content (AvgIpc) is 2.25. The van der Waals surface area contributed by atoms with Crippen molar-refractivity contribution in [1.29, 1.82) is 5.26 Å². The molecule has 0 aromatic carbocycles. The summed E-state index contributed by atoms with van der Waals surface area (Å²) < 4.78 is 4.54. The lowest BCUT2D eigenvalue weighted by Crippen LogP contribution is -2.04. The minimum Gasteiger partial charge on any atom is -0.468 e. The number of carbonyl (C=O) groups excluding carboxylic acids is 1. The first-order valence-corrected chi connectivity index (χ1v) is 5.65. The quantitative estimate of drug-likeness (QED) is 0.592. The molecule has 0 aliphatic carbocycles. The third-order valence-electron chi connectivity index (χ3n) is 1.98. The second-order valence-electron chi connectivity index (χ2n) is 3.24. The number of hydrogen-bond acceptors (Lipinski definition) is 5. The summed E-state index contributed by atoms with van der Waals surface area (Å²) in [5.41, 5.74) is 2.24.